The van der Waals surface area contributed by atoms with E-state index in [4.69, 9.17) is 4.52 Å². The fourth-order valence-corrected chi connectivity index (χ4v) is 5.28. The molecule has 8 heteroatoms. The molecule has 1 aromatic carbocycles. The summed E-state index contributed by atoms with van der Waals surface area (Å²) in [4.78, 5) is 10.7. The van der Waals surface area contributed by atoms with Crippen LogP contribution in [0.15, 0.2) is 22.7 Å². The molecule has 0 saturated heterocycles. The van der Waals surface area contributed by atoms with Crippen LogP contribution in [0.4, 0.5) is 5.69 Å². The van der Waals surface area contributed by atoms with Crippen LogP contribution in [0.2, 0.25) is 0 Å². The second kappa shape index (κ2) is 11.8. The molecule has 2 aromatic heterocycles. The van der Waals surface area contributed by atoms with Gasteiger partial charge in [0.25, 0.3) is 0 Å². The van der Waals surface area contributed by atoms with Crippen molar-refractivity contribution in [2.24, 2.45) is 11.8 Å². The Morgan fingerprint density at radius 1 is 1.17 bits per heavy atom. The van der Waals surface area contributed by atoms with E-state index in [1.54, 1.807) is 0 Å². The first-order chi connectivity index (χ1) is 17.3. The van der Waals surface area contributed by atoms with Gasteiger partial charge >= 0.3 is 0 Å². The van der Waals surface area contributed by atoms with E-state index in [0.29, 0.717) is 11.8 Å². The lowest BCUT2D eigenvalue weighted by atomic mass is 9.69. The van der Waals surface area contributed by atoms with Gasteiger partial charge in [0.05, 0.1) is 5.69 Å². The van der Waals surface area contributed by atoms with Gasteiger partial charge in [0.15, 0.2) is 5.82 Å². The molecular formula is C28H40N6O2. The van der Waals surface area contributed by atoms with Gasteiger partial charge in [-0.2, -0.15) is 5.21 Å². The molecule has 0 atom stereocenters. The molecule has 2 heterocycles. The Morgan fingerprint density at radius 2 is 1.94 bits per heavy atom. The minimum atomic E-state index is -0.0260. The quantitative estimate of drug-likeness (QED) is 0.377. The Labute approximate surface area is 214 Å². The Balaban J connectivity index is 0.000000214. The number of aromatic nitrogens is 5. The van der Waals surface area contributed by atoms with Crippen molar-refractivity contribution in [3.63, 3.8) is 0 Å². The summed E-state index contributed by atoms with van der Waals surface area (Å²) in [5.74, 6) is 4.97. The van der Waals surface area contributed by atoms with Crippen LogP contribution in [0.3, 0.4) is 0 Å². The van der Waals surface area contributed by atoms with Crippen molar-refractivity contribution in [2.75, 3.05) is 5.32 Å². The number of benzene rings is 1. The number of H-pyrrole nitrogens is 1. The molecule has 5 rings (SSSR count). The van der Waals surface area contributed by atoms with Crippen molar-refractivity contribution in [3.05, 3.63) is 52.2 Å². The molecule has 1 amide bonds. The molecule has 8 nitrogen and oxygen atoms in total. The minimum absolute atomic E-state index is 0.0260. The number of hydrogen-bond donors (Lipinski definition) is 2. The average Bonchev–Trinajstić information content (AvgIpc) is 3.32. The van der Waals surface area contributed by atoms with Crippen molar-refractivity contribution in [3.8, 4) is 0 Å². The highest BCUT2D eigenvalue weighted by Gasteiger charge is 2.40. The zero-order valence-electron chi connectivity index (χ0n) is 22.3. The number of carbonyl (C=O) groups excluding carboxylic acids is 1. The van der Waals surface area contributed by atoms with Gasteiger partial charge in [0.1, 0.15) is 5.76 Å². The molecule has 2 saturated carbocycles. The molecule has 0 spiro atoms. The zero-order valence-corrected chi connectivity index (χ0v) is 22.3. The van der Waals surface area contributed by atoms with Crippen LogP contribution in [-0.4, -0.2) is 31.7 Å². The number of aromatic amines is 1. The number of rotatable bonds is 9. The highest BCUT2D eigenvalue weighted by Crippen LogP contribution is 2.51. The predicted molar refractivity (Wildman–Crippen MR) is 140 cm³/mol. The zero-order chi connectivity index (χ0) is 25.7. The number of nitrogens with zero attached hydrogens (tertiary/aromatic N) is 4. The standard InChI is InChI=1S/C18H27N5O.C10H13NO/c1-11(2)8-12-9-14(10-12)18-17(13-6-7-13)15(21-24-18)4-3-5-16-19-22-23-20-16;1-7-4-5-10(8(2)6-7)11-9(3)12/h11-14H,3-10H2,1-2H3,(H,19,20,22,23);4-6H,1-3H3,(H,11,12). The van der Waals surface area contributed by atoms with E-state index in [1.807, 2.05) is 32.0 Å². The molecule has 36 heavy (non-hydrogen) atoms. The lowest BCUT2D eigenvalue weighted by Crippen LogP contribution is -2.23. The van der Waals surface area contributed by atoms with Gasteiger partial charge in [-0.1, -0.05) is 41.9 Å². The van der Waals surface area contributed by atoms with Crippen molar-refractivity contribution in [1.29, 1.82) is 0 Å². The highest BCUT2D eigenvalue weighted by atomic mass is 16.5. The summed E-state index contributed by atoms with van der Waals surface area (Å²) in [6.07, 6.45) is 9.30. The van der Waals surface area contributed by atoms with Gasteiger partial charge in [-0.25, -0.2) is 0 Å². The van der Waals surface area contributed by atoms with Gasteiger partial charge in [0, 0.05) is 30.5 Å². The van der Waals surface area contributed by atoms with E-state index in [9.17, 15) is 4.79 Å². The molecule has 194 valence electrons. The first-order valence-corrected chi connectivity index (χ1v) is 13.4. The fraction of sp³-hybridized carbons (Fsp3) is 0.607. The smallest absolute Gasteiger partial charge is 0.221 e. The molecule has 3 aromatic rings. The van der Waals surface area contributed by atoms with Crippen LogP contribution in [-0.2, 0) is 17.6 Å². The Bertz CT molecular complexity index is 1130. The summed E-state index contributed by atoms with van der Waals surface area (Å²) < 4.78 is 5.84. The van der Waals surface area contributed by atoms with E-state index in [0.717, 1.165) is 48.2 Å². The molecule has 2 N–H and O–H groups in total. The van der Waals surface area contributed by atoms with Gasteiger partial charge in [0.2, 0.25) is 5.91 Å². The molecular weight excluding hydrogens is 452 g/mol. The number of carbonyl (C=O) groups is 1. The number of hydrogen-bond acceptors (Lipinski definition) is 6. The van der Waals surface area contributed by atoms with Crippen molar-refractivity contribution < 1.29 is 9.32 Å². The molecule has 0 radical (unpaired) electrons. The first kappa shape index (κ1) is 26.0. The summed E-state index contributed by atoms with van der Waals surface area (Å²) >= 11 is 0. The third-order valence-corrected chi connectivity index (χ3v) is 7.12. The van der Waals surface area contributed by atoms with Crippen LogP contribution < -0.4 is 5.32 Å². The van der Waals surface area contributed by atoms with Gasteiger partial charge < -0.3 is 9.84 Å². The molecule has 2 fully saturated rings. The van der Waals surface area contributed by atoms with Gasteiger partial charge in [-0.15, -0.1) is 10.2 Å². The van der Waals surface area contributed by atoms with Gasteiger partial charge in [-0.05, 0) is 88.2 Å². The lowest BCUT2D eigenvalue weighted by molar-refractivity contribution is -0.114. The van der Waals surface area contributed by atoms with Crippen molar-refractivity contribution in [1.82, 2.24) is 25.8 Å². The van der Waals surface area contributed by atoms with Crippen molar-refractivity contribution >= 4 is 11.6 Å². The molecule has 2 aliphatic rings. The maximum Gasteiger partial charge on any atom is 0.221 e. The highest BCUT2D eigenvalue weighted by molar-refractivity contribution is 5.89. The summed E-state index contributed by atoms with van der Waals surface area (Å²) in [5, 5.41) is 21.3. The van der Waals surface area contributed by atoms with Crippen LogP contribution in [0, 0.1) is 25.7 Å². The Hall–Kier alpha value is -3.03. The summed E-state index contributed by atoms with van der Waals surface area (Å²) in [6.45, 7) is 10.2. The van der Waals surface area contributed by atoms with E-state index < -0.39 is 0 Å². The van der Waals surface area contributed by atoms with Crippen molar-refractivity contribution in [2.45, 2.75) is 97.8 Å². The SMILES string of the molecule is CC(=O)Nc1ccc(C)cc1C.CC(C)CC1CC(c2onc(CCCc3nn[nH]n3)c2C2CC2)C1. The van der Waals surface area contributed by atoms with E-state index in [2.05, 4.69) is 44.9 Å². The summed E-state index contributed by atoms with van der Waals surface area (Å²) in [6, 6.07) is 5.95. The fourth-order valence-electron chi connectivity index (χ4n) is 5.28. The lowest BCUT2D eigenvalue weighted by Gasteiger charge is -2.35. The number of anilines is 1. The third-order valence-electron chi connectivity index (χ3n) is 7.12. The average molecular weight is 493 g/mol. The van der Waals surface area contributed by atoms with Crippen LogP contribution in [0.5, 0.6) is 0 Å². The van der Waals surface area contributed by atoms with Crippen LogP contribution >= 0.6 is 0 Å². The second-order valence-electron chi connectivity index (χ2n) is 11.0. The van der Waals surface area contributed by atoms with E-state index in [-0.39, 0.29) is 5.91 Å². The van der Waals surface area contributed by atoms with Crippen LogP contribution in [0.1, 0.15) is 105 Å². The van der Waals surface area contributed by atoms with Crippen LogP contribution in [0.25, 0.3) is 0 Å². The molecule has 0 unspecified atom stereocenters. The normalized spacial score (nSPS) is 18.9. The second-order valence-corrected chi connectivity index (χ2v) is 11.0. The topological polar surface area (TPSA) is 110 Å². The third kappa shape index (κ3) is 7.02. The monoisotopic (exact) mass is 492 g/mol. The Kier molecular flexibility index (Phi) is 8.54. The minimum Gasteiger partial charge on any atom is -0.361 e. The number of aryl methyl sites for hydroxylation is 4. The number of nitrogens with one attached hydrogen (secondary N) is 2. The van der Waals surface area contributed by atoms with Gasteiger partial charge in [-0.3, -0.25) is 4.79 Å². The van der Waals surface area contributed by atoms with E-state index in [1.165, 1.54) is 61.6 Å². The Morgan fingerprint density at radius 3 is 2.56 bits per heavy atom. The summed E-state index contributed by atoms with van der Waals surface area (Å²) in [7, 11) is 0. The molecule has 0 bridgehead atoms. The molecule has 0 aliphatic heterocycles. The summed E-state index contributed by atoms with van der Waals surface area (Å²) in [5.41, 5.74) is 5.85. The number of tetrazole rings is 1. The maximum absolute atomic E-state index is 10.7. The predicted octanol–water partition coefficient (Wildman–Crippen LogP) is 6.04. The first-order valence-electron chi connectivity index (χ1n) is 13.4. The molecule has 2 aliphatic carbocycles. The number of amides is 1. The maximum atomic E-state index is 10.7. The van der Waals surface area contributed by atoms with E-state index >= 15 is 0 Å². The largest absolute Gasteiger partial charge is 0.361 e.